The molecule has 0 aliphatic carbocycles. The smallest absolute Gasteiger partial charge is 0.252 e. The van der Waals surface area contributed by atoms with Crippen molar-refractivity contribution < 1.29 is 8.42 Å². The zero-order valence-corrected chi connectivity index (χ0v) is 15.0. The molecule has 2 aromatic heterocycles. The third-order valence-corrected chi connectivity index (χ3v) is 7.75. The van der Waals surface area contributed by atoms with Crippen LogP contribution in [0.4, 0.5) is 0 Å². The Kier molecular flexibility index (Phi) is 3.94. The summed E-state index contributed by atoms with van der Waals surface area (Å²) in [5.41, 5.74) is 3.14. The number of benzene rings is 1. The van der Waals surface area contributed by atoms with Crippen LogP contribution in [-0.4, -0.2) is 35.8 Å². The summed E-state index contributed by atoms with van der Waals surface area (Å²) in [5.74, 6) is 1.00. The van der Waals surface area contributed by atoms with Crippen molar-refractivity contribution in [2.45, 2.75) is 29.9 Å². The van der Waals surface area contributed by atoms with E-state index in [2.05, 4.69) is 23.0 Å². The van der Waals surface area contributed by atoms with Crippen molar-refractivity contribution in [3.8, 4) is 0 Å². The highest BCUT2D eigenvalue weighted by molar-refractivity contribution is 7.91. The van der Waals surface area contributed by atoms with Gasteiger partial charge in [0.15, 0.2) is 0 Å². The van der Waals surface area contributed by atoms with E-state index < -0.39 is 10.0 Å². The van der Waals surface area contributed by atoms with Gasteiger partial charge in [0, 0.05) is 19.0 Å². The number of rotatable bonds is 3. The van der Waals surface area contributed by atoms with Gasteiger partial charge in [0.2, 0.25) is 0 Å². The third-order valence-electron chi connectivity index (χ3n) is 4.52. The van der Waals surface area contributed by atoms with Crippen molar-refractivity contribution in [1.29, 1.82) is 0 Å². The second-order valence-electron chi connectivity index (χ2n) is 6.28. The number of hydrogen-bond donors (Lipinski definition) is 1. The molecule has 0 radical (unpaired) electrons. The average Bonchev–Trinajstić information content (AvgIpc) is 3.24. The molecule has 1 N–H and O–H groups in total. The molecular formula is C17H19N3O2S2. The van der Waals surface area contributed by atoms with E-state index in [1.54, 1.807) is 21.8 Å². The topological polar surface area (TPSA) is 66.1 Å². The van der Waals surface area contributed by atoms with Gasteiger partial charge in [0.25, 0.3) is 10.0 Å². The second kappa shape index (κ2) is 5.98. The quantitative estimate of drug-likeness (QED) is 0.776. The first-order valence-corrected chi connectivity index (χ1v) is 10.4. The Morgan fingerprint density at radius 1 is 1.33 bits per heavy atom. The number of fused-ring (bicyclic) bond motifs is 1. The van der Waals surface area contributed by atoms with Crippen LogP contribution in [-0.2, 0) is 10.0 Å². The van der Waals surface area contributed by atoms with Gasteiger partial charge in [-0.15, -0.1) is 11.3 Å². The molecule has 126 valence electrons. The molecule has 1 saturated heterocycles. The standard InChI is InChI=1S/C17H19N3O2S2/c1-12-6-7-14-15(10-12)19-17(18-14)13-4-2-8-20(11-13)24(21,22)16-5-3-9-23-16/h3,5-7,9-10,13H,2,4,8,11H2,1H3,(H,18,19). The van der Waals surface area contributed by atoms with Crippen LogP contribution in [0.5, 0.6) is 0 Å². The van der Waals surface area contributed by atoms with E-state index in [0.717, 1.165) is 29.7 Å². The lowest BCUT2D eigenvalue weighted by Gasteiger charge is -2.30. The normalized spacial score (nSPS) is 19.8. The summed E-state index contributed by atoms with van der Waals surface area (Å²) in [6.45, 7) is 3.12. The van der Waals surface area contributed by atoms with Crippen molar-refractivity contribution in [2.24, 2.45) is 0 Å². The number of nitrogens with one attached hydrogen (secondary N) is 1. The van der Waals surface area contributed by atoms with E-state index in [1.165, 1.54) is 16.9 Å². The maximum absolute atomic E-state index is 12.7. The highest BCUT2D eigenvalue weighted by Gasteiger charge is 2.32. The number of aryl methyl sites for hydroxylation is 1. The Morgan fingerprint density at radius 3 is 3.00 bits per heavy atom. The summed E-state index contributed by atoms with van der Waals surface area (Å²) in [6.07, 6.45) is 1.81. The second-order valence-corrected chi connectivity index (χ2v) is 9.39. The first kappa shape index (κ1) is 15.8. The minimum Gasteiger partial charge on any atom is -0.342 e. The fraction of sp³-hybridized carbons (Fsp3) is 0.353. The summed E-state index contributed by atoms with van der Waals surface area (Å²) >= 11 is 1.27. The van der Waals surface area contributed by atoms with Gasteiger partial charge in [-0.25, -0.2) is 13.4 Å². The molecule has 7 heteroatoms. The van der Waals surface area contributed by atoms with Gasteiger partial charge in [-0.3, -0.25) is 0 Å². The van der Waals surface area contributed by atoms with Crippen molar-refractivity contribution in [3.05, 3.63) is 47.1 Å². The van der Waals surface area contributed by atoms with Gasteiger partial charge in [-0.1, -0.05) is 12.1 Å². The maximum atomic E-state index is 12.7. The Hall–Kier alpha value is -1.70. The summed E-state index contributed by atoms with van der Waals surface area (Å²) in [7, 11) is -3.39. The summed E-state index contributed by atoms with van der Waals surface area (Å²) < 4.78 is 27.5. The first-order chi connectivity index (χ1) is 11.5. The van der Waals surface area contributed by atoms with E-state index in [4.69, 9.17) is 0 Å². The molecule has 3 aromatic rings. The SMILES string of the molecule is Cc1ccc2nc(C3CCCN(S(=O)(=O)c4cccs4)C3)[nH]c2c1. The Balaban J connectivity index is 1.62. The van der Waals surface area contributed by atoms with E-state index in [1.807, 2.05) is 12.1 Å². The van der Waals surface area contributed by atoms with Gasteiger partial charge in [0.05, 0.1) is 11.0 Å². The van der Waals surface area contributed by atoms with Crippen molar-refractivity contribution in [2.75, 3.05) is 13.1 Å². The molecule has 0 amide bonds. The highest BCUT2D eigenvalue weighted by atomic mass is 32.2. The van der Waals surface area contributed by atoms with Crippen LogP contribution < -0.4 is 0 Å². The van der Waals surface area contributed by atoms with E-state index >= 15 is 0 Å². The van der Waals surface area contributed by atoms with Crippen molar-refractivity contribution >= 4 is 32.4 Å². The molecule has 1 aromatic carbocycles. The number of hydrogen-bond acceptors (Lipinski definition) is 4. The number of piperidine rings is 1. The number of thiophene rings is 1. The summed E-state index contributed by atoms with van der Waals surface area (Å²) in [6, 6.07) is 9.58. The third kappa shape index (κ3) is 2.76. The minimum absolute atomic E-state index is 0.112. The maximum Gasteiger partial charge on any atom is 0.252 e. The van der Waals surface area contributed by atoms with Gasteiger partial charge in [-0.05, 0) is 48.9 Å². The fourth-order valence-electron chi connectivity index (χ4n) is 3.26. The number of H-pyrrole nitrogens is 1. The molecule has 1 aliphatic heterocycles. The number of aromatic nitrogens is 2. The molecule has 24 heavy (non-hydrogen) atoms. The average molecular weight is 361 g/mol. The van der Waals surface area contributed by atoms with Crippen LogP contribution >= 0.6 is 11.3 Å². The zero-order valence-electron chi connectivity index (χ0n) is 13.4. The van der Waals surface area contributed by atoms with Crippen molar-refractivity contribution in [3.63, 3.8) is 0 Å². The van der Waals surface area contributed by atoms with Gasteiger partial charge >= 0.3 is 0 Å². The predicted octanol–water partition coefficient (Wildman–Crippen LogP) is 3.50. The molecule has 0 saturated carbocycles. The molecule has 4 rings (SSSR count). The molecule has 0 bridgehead atoms. The molecule has 0 spiro atoms. The van der Waals surface area contributed by atoms with Crippen LogP contribution in [0, 0.1) is 6.92 Å². The number of sulfonamides is 1. The van der Waals surface area contributed by atoms with Crippen LogP contribution in [0.15, 0.2) is 39.9 Å². The molecule has 1 atom stereocenters. The lowest BCUT2D eigenvalue weighted by atomic mass is 9.99. The molecule has 3 heterocycles. The van der Waals surface area contributed by atoms with Crippen LogP contribution in [0.1, 0.15) is 30.1 Å². The zero-order chi connectivity index (χ0) is 16.7. The summed E-state index contributed by atoms with van der Waals surface area (Å²) in [4.78, 5) is 8.07. The van der Waals surface area contributed by atoms with Crippen molar-refractivity contribution in [1.82, 2.24) is 14.3 Å². The van der Waals surface area contributed by atoms with E-state index in [-0.39, 0.29) is 5.92 Å². The molecule has 1 fully saturated rings. The van der Waals surface area contributed by atoms with E-state index in [0.29, 0.717) is 17.3 Å². The lowest BCUT2D eigenvalue weighted by Crippen LogP contribution is -2.39. The van der Waals surface area contributed by atoms with E-state index in [9.17, 15) is 8.42 Å². The monoisotopic (exact) mass is 361 g/mol. The fourth-order valence-corrected chi connectivity index (χ4v) is 5.93. The minimum atomic E-state index is -3.39. The Bertz CT molecular complexity index is 961. The molecule has 1 unspecified atom stereocenters. The van der Waals surface area contributed by atoms with Crippen LogP contribution in [0.3, 0.4) is 0 Å². The largest absolute Gasteiger partial charge is 0.342 e. The Labute approximate surface area is 145 Å². The van der Waals surface area contributed by atoms with Crippen LogP contribution in [0.25, 0.3) is 11.0 Å². The number of aromatic amines is 1. The summed E-state index contributed by atoms with van der Waals surface area (Å²) in [5, 5.41) is 1.80. The Morgan fingerprint density at radius 2 is 2.21 bits per heavy atom. The number of nitrogens with zero attached hydrogens (tertiary/aromatic N) is 2. The number of imidazole rings is 1. The predicted molar refractivity (Wildman–Crippen MR) is 95.9 cm³/mol. The first-order valence-electron chi connectivity index (χ1n) is 8.04. The van der Waals surface area contributed by atoms with Crippen LogP contribution in [0.2, 0.25) is 0 Å². The van der Waals surface area contributed by atoms with Gasteiger partial charge in [0.1, 0.15) is 10.0 Å². The highest BCUT2D eigenvalue weighted by Crippen LogP contribution is 2.31. The lowest BCUT2D eigenvalue weighted by molar-refractivity contribution is 0.311. The molecule has 1 aliphatic rings. The molecular weight excluding hydrogens is 342 g/mol. The van der Waals surface area contributed by atoms with Gasteiger partial charge in [-0.2, -0.15) is 4.31 Å². The van der Waals surface area contributed by atoms with Gasteiger partial charge < -0.3 is 4.98 Å². The molecule has 5 nitrogen and oxygen atoms in total.